The Morgan fingerprint density at radius 2 is 1.45 bits per heavy atom. The van der Waals surface area contributed by atoms with E-state index >= 15 is 0 Å². The zero-order valence-corrected chi connectivity index (χ0v) is 16.8. The molecule has 2 saturated heterocycles. The van der Waals surface area contributed by atoms with Crippen LogP contribution < -0.4 is 10.1 Å². The van der Waals surface area contributed by atoms with Crippen molar-refractivity contribution in [1.82, 2.24) is 0 Å². The first-order chi connectivity index (χ1) is 14.8. The number of aliphatic hydroxyl groups is 7. The van der Waals surface area contributed by atoms with Crippen molar-refractivity contribution in [3.05, 3.63) is 24.3 Å². The van der Waals surface area contributed by atoms with E-state index in [1.54, 1.807) is 24.3 Å². The zero-order chi connectivity index (χ0) is 22.7. The minimum absolute atomic E-state index is 0.557. The predicted molar refractivity (Wildman–Crippen MR) is 103 cm³/mol. The molecule has 2 aliphatic rings. The maximum absolute atomic E-state index is 10.6. The van der Waals surface area contributed by atoms with Crippen LogP contribution in [-0.4, -0.2) is 117 Å². The Kier molecular flexibility index (Phi) is 8.04. The molecule has 12 nitrogen and oxygen atoms in total. The monoisotopic (exact) mass is 447 g/mol. The number of hydrogen-bond acceptors (Lipinski definition) is 12. The molecule has 0 amide bonds. The summed E-state index contributed by atoms with van der Waals surface area (Å²) >= 11 is 0. The first kappa shape index (κ1) is 24.1. The zero-order valence-electron chi connectivity index (χ0n) is 16.8. The van der Waals surface area contributed by atoms with Gasteiger partial charge in [0.15, 0.2) is 12.5 Å². The Hall–Kier alpha value is -1.58. The molecule has 3 rings (SSSR count). The van der Waals surface area contributed by atoms with Gasteiger partial charge in [-0.3, -0.25) is 0 Å². The Morgan fingerprint density at radius 3 is 2.03 bits per heavy atom. The van der Waals surface area contributed by atoms with Crippen molar-refractivity contribution in [2.45, 2.75) is 61.3 Å². The molecule has 1 aromatic rings. The van der Waals surface area contributed by atoms with E-state index in [0.29, 0.717) is 11.4 Å². The van der Waals surface area contributed by atoms with Crippen molar-refractivity contribution < 1.29 is 54.7 Å². The number of benzene rings is 1. The maximum atomic E-state index is 10.6. The average Bonchev–Trinajstić information content (AvgIpc) is 2.79. The van der Waals surface area contributed by atoms with E-state index in [1.807, 2.05) is 0 Å². The summed E-state index contributed by atoms with van der Waals surface area (Å²) in [6, 6.07) is 6.71. The minimum Gasteiger partial charge on any atom is -0.497 e. The highest BCUT2D eigenvalue weighted by atomic mass is 16.7. The molecule has 2 heterocycles. The lowest BCUT2D eigenvalue weighted by Crippen LogP contribution is -2.65. The van der Waals surface area contributed by atoms with E-state index in [2.05, 4.69) is 5.32 Å². The summed E-state index contributed by atoms with van der Waals surface area (Å²) in [4.78, 5) is 0. The van der Waals surface area contributed by atoms with Gasteiger partial charge in [0.25, 0.3) is 0 Å². The van der Waals surface area contributed by atoms with Crippen LogP contribution >= 0.6 is 0 Å². The van der Waals surface area contributed by atoms with Gasteiger partial charge in [0, 0.05) is 5.69 Å². The molecule has 10 atom stereocenters. The fraction of sp³-hybridized carbons (Fsp3) is 0.684. The predicted octanol–water partition coefficient (Wildman–Crippen LogP) is -3.27. The summed E-state index contributed by atoms with van der Waals surface area (Å²) in [6.07, 6.45) is -14.4. The number of nitrogens with one attached hydrogen (secondary N) is 1. The second-order valence-corrected chi connectivity index (χ2v) is 7.43. The van der Waals surface area contributed by atoms with E-state index in [0.717, 1.165) is 0 Å². The first-order valence-corrected chi connectivity index (χ1v) is 9.79. The van der Waals surface area contributed by atoms with Gasteiger partial charge in [-0.1, -0.05) is 0 Å². The fourth-order valence-electron chi connectivity index (χ4n) is 3.56. The number of anilines is 1. The summed E-state index contributed by atoms with van der Waals surface area (Å²) < 4.78 is 21.5. The lowest BCUT2D eigenvalue weighted by molar-refractivity contribution is -0.340. The number of methoxy groups -OCH3 is 1. The molecule has 2 aliphatic heterocycles. The highest BCUT2D eigenvalue weighted by molar-refractivity contribution is 5.47. The second-order valence-electron chi connectivity index (χ2n) is 7.43. The van der Waals surface area contributed by atoms with Crippen LogP contribution in [0.4, 0.5) is 5.69 Å². The van der Waals surface area contributed by atoms with Crippen LogP contribution in [0.15, 0.2) is 24.3 Å². The molecule has 2 fully saturated rings. The van der Waals surface area contributed by atoms with E-state index in [-0.39, 0.29) is 0 Å². The van der Waals surface area contributed by atoms with Crippen molar-refractivity contribution in [3.8, 4) is 5.75 Å². The van der Waals surface area contributed by atoms with Crippen LogP contribution in [-0.2, 0) is 14.2 Å². The summed E-state index contributed by atoms with van der Waals surface area (Å²) in [5.41, 5.74) is 0.557. The van der Waals surface area contributed by atoms with E-state index in [1.165, 1.54) is 7.11 Å². The summed E-state index contributed by atoms with van der Waals surface area (Å²) in [6.45, 7) is -1.26. The highest BCUT2D eigenvalue weighted by Crippen LogP contribution is 2.30. The van der Waals surface area contributed by atoms with Gasteiger partial charge in [0.2, 0.25) is 0 Å². The van der Waals surface area contributed by atoms with Crippen molar-refractivity contribution in [2.24, 2.45) is 0 Å². The van der Waals surface area contributed by atoms with Gasteiger partial charge < -0.3 is 60.0 Å². The quantitative estimate of drug-likeness (QED) is 0.208. The molecule has 31 heavy (non-hydrogen) atoms. The molecule has 12 heteroatoms. The maximum Gasteiger partial charge on any atom is 0.187 e. The summed E-state index contributed by atoms with van der Waals surface area (Å²) in [5.74, 6) is 0.622. The normalized spacial score (nSPS) is 41.0. The topological polar surface area (TPSA) is 191 Å². The molecule has 1 aromatic carbocycles. The first-order valence-electron chi connectivity index (χ1n) is 9.79. The number of rotatable bonds is 7. The Bertz CT molecular complexity index is 688. The largest absolute Gasteiger partial charge is 0.497 e. The minimum atomic E-state index is -1.71. The van der Waals surface area contributed by atoms with Crippen LogP contribution in [0.1, 0.15) is 0 Å². The molecular formula is C19H29NO11. The Balaban J connectivity index is 1.70. The second kappa shape index (κ2) is 10.4. The fourth-order valence-corrected chi connectivity index (χ4v) is 3.56. The molecule has 0 aliphatic carbocycles. The third-order valence-electron chi connectivity index (χ3n) is 5.40. The van der Waals surface area contributed by atoms with Crippen LogP contribution in [0.2, 0.25) is 0 Å². The van der Waals surface area contributed by atoms with Gasteiger partial charge in [0.05, 0.1) is 20.3 Å². The van der Waals surface area contributed by atoms with Crippen LogP contribution in [0, 0.1) is 0 Å². The Morgan fingerprint density at radius 1 is 0.806 bits per heavy atom. The van der Waals surface area contributed by atoms with Gasteiger partial charge in [-0.15, -0.1) is 0 Å². The average molecular weight is 447 g/mol. The van der Waals surface area contributed by atoms with Crippen molar-refractivity contribution in [1.29, 1.82) is 0 Å². The molecule has 0 saturated carbocycles. The van der Waals surface area contributed by atoms with E-state index < -0.39 is 74.6 Å². The summed E-state index contributed by atoms with van der Waals surface area (Å²) in [5, 5.41) is 72.9. The standard InChI is InChI=1S/C19H29NO11/c1-28-9-4-2-8(3-5-9)20-18-15(26)14(25)17(11(7-22)29-18)31-19-16(27)13(24)12(23)10(6-21)30-19/h2-5,10-27H,6-7H2,1H3/t10-,11-,12+,13+,14-,15-,16-,17-,18+,19-/m1/s1. The lowest BCUT2D eigenvalue weighted by atomic mass is 9.96. The molecule has 0 radical (unpaired) electrons. The van der Waals surface area contributed by atoms with Crippen molar-refractivity contribution in [2.75, 3.05) is 25.6 Å². The van der Waals surface area contributed by atoms with Crippen LogP contribution in [0.5, 0.6) is 5.75 Å². The van der Waals surface area contributed by atoms with Gasteiger partial charge >= 0.3 is 0 Å². The molecule has 0 spiro atoms. The smallest absolute Gasteiger partial charge is 0.187 e. The van der Waals surface area contributed by atoms with Gasteiger partial charge in [-0.25, -0.2) is 0 Å². The number of aliphatic hydroxyl groups excluding tert-OH is 7. The van der Waals surface area contributed by atoms with Gasteiger partial charge in [-0.05, 0) is 24.3 Å². The third-order valence-corrected chi connectivity index (χ3v) is 5.40. The van der Waals surface area contributed by atoms with Gasteiger partial charge in [-0.2, -0.15) is 0 Å². The van der Waals surface area contributed by atoms with Crippen molar-refractivity contribution >= 4 is 5.69 Å². The number of ether oxygens (including phenoxy) is 4. The molecule has 0 bridgehead atoms. The third kappa shape index (κ3) is 5.09. The SMILES string of the molecule is COc1ccc(N[C@H]2O[C@H](CO)[C@@H](O[C@H]3O[C@H](CO)[C@H](O)[C@H](O)[C@H]3O)[C@H](O)[C@H]2O)cc1. The molecule has 0 aromatic heterocycles. The molecule has 176 valence electrons. The van der Waals surface area contributed by atoms with Crippen LogP contribution in [0.25, 0.3) is 0 Å². The molecular weight excluding hydrogens is 418 g/mol. The van der Waals surface area contributed by atoms with Gasteiger partial charge in [0.1, 0.15) is 54.6 Å². The van der Waals surface area contributed by atoms with Crippen molar-refractivity contribution in [3.63, 3.8) is 0 Å². The molecule has 0 unspecified atom stereocenters. The number of hydrogen-bond donors (Lipinski definition) is 8. The Labute approximate surface area is 178 Å². The lowest BCUT2D eigenvalue weighted by Gasteiger charge is -2.46. The highest BCUT2D eigenvalue weighted by Gasteiger charge is 2.50. The van der Waals surface area contributed by atoms with Crippen LogP contribution in [0.3, 0.4) is 0 Å². The van der Waals surface area contributed by atoms with E-state index in [4.69, 9.17) is 18.9 Å². The molecule has 8 N–H and O–H groups in total. The summed E-state index contributed by atoms with van der Waals surface area (Å²) in [7, 11) is 1.52. The van der Waals surface area contributed by atoms with E-state index in [9.17, 15) is 35.7 Å².